The van der Waals surface area contributed by atoms with Crippen molar-refractivity contribution < 1.29 is 13.9 Å². The SMILES string of the molecule is COc1ccc(Cl)cc1-c1ccn(C(F)C(=O)NC2CCC2)n1. The molecule has 0 radical (unpaired) electrons. The predicted octanol–water partition coefficient (Wildman–Crippen LogP) is 3.35. The van der Waals surface area contributed by atoms with Gasteiger partial charge in [-0.25, -0.2) is 9.07 Å². The molecule has 1 aliphatic rings. The Kier molecular flexibility index (Phi) is 4.52. The maximum atomic E-state index is 14.3. The molecule has 1 saturated carbocycles. The first-order valence-corrected chi connectivity index (χ1v) is 7.80. The van der Waals surface area contributed by atoms with Gasteiger partial charge in [0.1, 0.15) is 5.75 Å². The van der Waals surface area contributed by atoms with Crippen LogP contribution in [-0.2, 0) is 4.79 Å². The molecule has 0 bridgehead atoms. The second-order valence-electron chi connectivity index (χ2n) is 5.50. The van der Waals surface area contributed by atoms with Crippen LogP contribution in [0.3, 0.4) is 0 Å². The van der Waals surface area contributed by atoms with E-state index in [9.17, 15) is 9.18 Å². The van der Waals surface area contributed by atoms with Crippen LogP contribution in [0.4, 0.5) is 4.39 Å². The lowest BCUT2D eigenvalue weighted by molar-refractivity contribution is -0.130. The summed E-state index contributed by atoms with van der Waals surface area (Å²) in [6, 6.07) is 6.81. The van der Waals surface area contributed by atoms with E-state index < -0.39 is 12.2 Å². The monoisotopic (exact) mass is 337 g/mol. The molecule has 0 aliphatic heterocycles. The van der Waals surface area contributed by atoms with Gasteiger partial charge in [-0.05, 0) is 43.5 Å². The number of nitrogens with one attached hydrogen (secondary N) is 1. The Balaban J connectivity index is 1.79. The molecular formula is C16H17ClFN3O2. The van der Waals surface area contributed by atoms with Crippen LogP contribution in [-0.4, -0.2) is 28.8 Å². The molecule has 1 fully saturated rings. The van der Waals surface area contributed by atoms with Gasteiger partial charge in [-0.2, -0.15) is 5.10 Å². The average Bonchev–Trinajstić information content (AvgIpc) is 2.99. The molecule has 0 spiro atoms. The molecule has 5 nitrogen and oxygen atoms in total. The number of hydrogen-bond donors (Lipinski definition) is 1. The highest BCUT2D eigenvalue weighted by Crippen LogP contribution is 2.31. The van der Waals surface area contributed by atoms with E-state index in [2.05, 4.69) is 10.4 Å². The summed E-state index contributed by atoms with van der Waals surface area (Å²) >= 11 is 5.99. The van der Waals surface area contributed by atoms with Crippen LogP contribution in [0.15, 0.2) is 30.5 Å². The molecule has 3 rings (SSSR count). The number of methoxy groups -OCH3 is 1. The van der Waals surface area contributed by atoms with E-state index in [1.807, 2.05) is 0 Å². The summed E-state index contributed by atoms with van der Waals surface area (Å²) in [5.74, 6) is -0.0867. The molecule has 1 aromatic carbocycles. The number of benzene rings is 1. The minimum atomic E-state index is -1.85. The molecule has 1 N–H and O–H groups in total. The van der Waals surface area contributed by atoms with Crippen molar-refractivity contribution in [3.63, 3.8) is 0 Å². The van der Waals surface area contributed by atoms with Gasteiger partial charge in [-0.1, -0.05) is 11.6 Å². The van der Waals surface area contributed by atoms with E-state index in [1.54, 1.807) is 24.3 Å². The molecule has 1 aliphatic carbocycles. The fourth-order valence-electron chi connectivity index (χ4n) is 2.43. The Morgan fingerprint density at radius 1 is 1.48 bits per heavy atom. The molecule has 122 valence electrons. The molecule has 2 aromatic rings. The highest BCUT2D eigenvalue weighted by atomic mass is 35.5. The van der Waals surface area contributed by atoms with Crippen LogP contribution in [0.2, 0.25) is 5.02 Å². The number of aromatic nitrogens is 2. The minimum Gasteiger partial charge on any atom is -0.496 e. The fraction of sp³-hybridized carbons (Fsp3) is 0.375. The number of amides is 1. The number of hydrogen-bond acceptors (Lipinski definition) is 3. The van der Waals surface area contributed by atoms with Crippen molar-refractivity contribution in [3.05, 3.63) is 35.5 Å². The summed E-state index contributed by atoms with van der Waals surface area (Å²) in [6.45, 7) is 0. The van der Waals surface area contributed by atoms with E-state index in [4.69, 9.17) is 16.3 Å². The summed E-state index contributed by atoms with van der Waals surface area (Å²) in [7, 11) is 1.54. The second-order valence-corrected chi connectivity index (χ2v) is 5.93. The number of carbonyl (C=O) groups is 1. The first-order chi connectivity index (χ1) is 11.1. The van der Waals surface area contributed by atoms with Crippen molar-refractivity contribution in [2.24, 2.45) is 0 Å². The lowest BCUT2D eigenvalue weighted by Crippen LogP contribution is -2.42. The van der Waals surface area contributed by atoms with Gasteiger partial charge >= 0.3 is 0 Å². The number of carbonyl (C=O) groups excluding carboxylic acids is 1. The molecule has 1 heterocycles. The van der Waals surface area contributed by atoms with Gasteiger partial charge in [0.05, 0.1) is 12.8 Å². The molecule has 0 saturated heterocycles. The molecule has 1 atom stereocenters. The van der Waals surface area contributed by atoms with Crippen LogP contribution in [0.1, 0.15) is 25.6 Å². The van der Waals surface area contributed by atoms with Crippen molar-refractivity contribution in [2.45, 2.75) is 31.6 Å². The quantitative estimate of drug-likeness (QED) is 0.910. The Morgan fingerprint density at radius 3 is 2.91 bits per heavy atom. The van der Waals surface area contributed by atoms with E-state index in [0.717, 1.165) is 23.9 Å². The number of nitrogens with zero attached hydrogens (tertiary/aromatic N) is 2. The summed E-state index contributed by atoms with van der Waals surface area (Å²) in [6.07, 6.45) is 2.46. The number of rotatable bonds is 5. The largest absolute Gasteiger partial charge is 0.496 e. The van der Waals surface area contributed by atoms with Gasteiger partial charge in [0.2, 0.25) is 0 Å². The van der Waals surface area contributed by atoms with Crippen LogP contribution in [0.25, 0.3) is 11.3 Å². The normalized spacial score (nSPS) is 15.8. The Morgan fingerprint density at radius 2 is 2.26 bits per heavy atom. The zero-order valence-electron chi connectivity index (χ0n) is 12.6. The van der Waals surface area contributed by atoms with Gasteiger partial charge in [0.15, 0.2) is 0 Å². The lowest BCUT2D eigenvalue weighted by Gasteiger charge is -2.26. The van der Waals surface area contributed by atoms with Crippen LogP contribution >= 0.6 is 11.6 Å². The van der Waals surface area contributed by atoms with Crippen molar-refractivity contribution >= 4 is 17.5 Å². The highest BCUT2D eigenvalue weighted by Gasteiger charge is 2.26. The fourth-order valence-corrected chi connectivity index (χ4v) is 2.60. The van der Waals surface area contributed by atoms with Crippen molar-refractivity contribution in [1.82, 2.24) is 15.1 Å². The summed E-state index contributed by atoms with van der Waals surface area (Å²) < 4.78 is 20.5. The Labute approximate surface area is 138 Å². The second kappa shape index (κ2) is 6.58. The molecule has 23 heavy (non-hydrogen) atoms. The summed E-state index contributed by atoms with van der Waals surface area (Å²) in [5.41, 5.74) is 1.13. The van der Waals surface area contributed by atoms with Crippen LogP contribution in [0, 0.1) is 0 Å². The third-order valence-electron chi connectivity index (χ3n) is 3.95. The lowest BCUT2D eigenvalue weighted by atomic mass is 9.93. The predicted molar refractivity (Wildman–Crippen MR) is 85.2 cm³/mol. The van der Waals surface area contributed by atoms with Crippen molar-refractivity contribution in [2.75, 3.05) is 7.11 Å². The third-order valence-corrected chi connectivity index (χ3v) is 4.18. The van der Waals surface area contributed by atoms with Crippen LogP contribution < -0.4 is 10.1 Å². The number of ether oxygens (including phenoxy) is 1. The van der Waals surface area contributed by atoms with Crippen molar-refractivity contribution in [1.29, 1.82) is 0 Å². The average molecular weight is 338 g/mol. The van der Waals surface area contributed by atoms with E-state index in [0.29, 0.717) is 22.0 Å². The van der Waals surface area contributed by atoms with Gasteiger partial charge in [0, 0.05) is 22.8 Å². The first kappa shape index (κ1) is 15.8. The summed E-state index contributed by atoms with van der Waals surface area (Å²) in [4.78, 5) is 11.9. The van der Waals surface area contributed by atoms with Gasteiger partial charge in [0.25, 0.3) is 12.2 Å². The Hall–Kier alpha value is -2.08. The zero-order chi connectivity index (χ0) is 16.4. The topological polar surface area (TPSA) is 56.1 Å². The standard InChI is InChI=1S/C16H17ClFN3O2/c1-23-14-6-5-10(17)9-12(14)13-7-8-21(20-13)15(18)16(22)19-11-3-2-4-11/h5-9,11,15H,2-4H2,1H3,(H,19,22). The highest BCUT2D eigenvalue weighted by molar-refractivity contribution is 6.30. The molecular weight excluding hydrogens is 321 g/mol. The Bertz CT molecular complexity index is 715. The molecule has 1 amide bonds. The van der Waals surface area contributed by atoms with Gasteiger partial charge in [-0.15, -0.1) is 0 Å². The minimum absolute atomic E-state index is 0.0869. The van der Waals surface area contributed by atoms with E-state index in [1.165, 1.54) is 13.3 Å². The van der Waals surface area contributed by atoms with E-state index >= 15 is 0 Å². The van der Waals surface area contributed by atoms with Gasteiger partial charge < -0.3 is 10.1 Å². The molecule has 1 unspecified atom stereocenters. The molecule has 1 aromatic heterocycles. The molecule has 7 heteroatoms. The van der Waals surface area contributed by atoms with E-state index in [-0.39, 0.29) is 6.04 Å². The smallest absolute Gasteiger partial charge is 0.277 e. The first-order valence-electron chi connectivity index (χ1n) is 7.42. The summed E-state index contributed by atoms with van der Waals surface area (Å²) in [5, 5.41) is 7.34. The van der Waals surface area contributed by atoms with Crippen LogP contribution in [0.5, 0.6) is 5.75 Å². The number of halogens is 2. The zero-order valence-corrected chi connectivity index (χ0v) is 13.4. The van der Waals surface area contributed by atoms with Gasteiger partial charge in [-0.3, -0.25) is 4.79 Å². The maximum absolute atomic E-state index is 14.3. The number of alkyl halides is 1. The van der Waals surface area contributed by atoms with Crippen molar-refractivity contribution in [3.8, 4) is 17.0 Å². The maximum Gasteiger partial charge on any atom is 0.277 e. The third kappa shape index (κ3) is 3.32.